The summed E-state index contributed by atoms with van der Waals surface area (Å²) in [5.41, 5.74) is 13.0. The van der Waals surface area contributed by atoms with Gasteiger partial charge in [-0.2, -0.15) is 9.49 Å². The number of carbonyl (C=O) groups excluding carboxylic acids is 1. The Balaban J connectivity index is 1.35. The van der Waals surface area contributed by atoms with Crippen LogP contribution in [0.15, 0.2) is 72.3 Å². The number of nitrogens with two attached hydrogens (primary N) is 1. The maximum Gasteiger partial charge on any atom is 0.227 e. The molecule has 0 spiro atoms. The number of allylic oxidation sites excluding steroid dienone is 4. The number of amides is 1. The van der Waals surface area contributed by atoms with Gasteiger partial charge in [0.1, 0.15) is 5.65 Å². The zero-order chi connectivity index (χ0) is 29.2. The van der Waals surface area contributed by atoms with Gasteiger partial charge in [0.25, 0.3) is 0 Å². The Hall–Kier alpha value is -4.57. The largest absolute Gasteiger partial charge is 0.404 e. The van der Waals surface area contributed by atoms with Crippen molar-refractivity contribution >= 4 is 44.9 Å². The van der Waals surface area contributed by atoms with Gasteiger partial charge in [-0.1, -0.05) is 24.8 Å². The van der Waals surface area contributed by atoms with Gasteiger partial charge >= 0.3 is 0 Å². The average molecular weight is 582 g/mol. The van der Waals surface area contributed by atoms with E-state index in [1.165, 1.54) is 18.7 Å². The normalized spacial score (nSPS) is 14.9. The van der Waals surface area contributed by atoms with E-state index >= 15 is 0 Å². The van der Waals surface area contributed by atoms with Gasteiger partial charge in [-0.15, -0.1) is 11.3 Å². The van der Waals surface area contributed by atoms with Crippen LogP contribution in [0.5, 0.6) is 0 Å². The summed E-state index contributed by atoms with van der Waals surface area (Å²) in [4.78, 5) is 26.3. The molecule has 0 atom stereocenters. The molecule has 10 heteroatoms. The molecule has 1 fully saturated rings. The molecule has 1 aliphatic carbocycles. The standard InChI is InChI=1S/C32H32FN7OS/c1-18(2)12-22(37-32(41)19-6-4-3-5-7-19)13-20(16-34)21-14-25-29(39-40-31(25)36-17-21)26-15-24-23(10-11-35-30(24)38-26)27-8-9-28(33)42-27/h8-17,19H,3-7,34H2,1-2H3,(H,35,38)(H,37,41)(H,36,39,40)/b20-16+,22-13+. The van der Waals surface area contributed by atoms with Crippen LogP contribution >= 0.6 is 11.3 Å². The monoisotopic (exact) mass is 581 g/mol. The summed E-state index contributed by atoms with van der Waals surface area (Å²) in [6, 6.07) is 9.10. The second-order valence-electron chi connectivity index (χ2n) is 10.9. The van der Waals surface area contributed by atoms with E-state index in [0.717, 1.165) is 80.8 Å². The highest BCUT2D eigenvalue weighted by Gasteiger charge is 2.22. The predicted octanol–water partition coefficient (Wildman–Crippen LogP) is 7.22. The number of nitrogens with zero attached hydrogens (tertiary/aromatic N) is 3. The topological polar surface area (TPSA) is 125 Å². The first-order chi connectivity index (χ1) is 20.4. The maximum atomic E-state index is 13.8. The fraction of sp³-hybridized carbons (Fsp3) is 0.250. The van der Waals surface area contributed by atoms with Crippen LogP contribution in [-0.4, -0.2) is 31.1 Å². The quantitative estimate of drug-likeness (QED) is 0.151. The fourth-order valence-electron chi connectivity index (χ4n) is 5.53. The molecule has 0 aromatic carbocycles. The third kappa shape index (κ3) is 5.62. The van der Waals surface area contributed by atoms with Gasteiger partial charge in [-0.05, 0) is 69.2 Å². The lowest BCUT2D eigenvalue weighted by molar-refractivity contribution is -0.125. The molecule has 5 aromatic heterocycles. The lowest BCUT2D eigenvalue weighted by atomic mass is 9.88. The third-order valence-electron chi connectivity index (χ3n) is 7.56. The number of fused-ring (bicyclic) bond motifs is 2. The molecular weight excluding hydrogens is 549 g/mol. The second-order valence-corrected chi connectivity index (χ2v) is 11.9. The van der Waals surface area contributed by atoms with Crippen molar-refractivity contribution in [2.45, 2.75) is 46.0 Å². The van der Waals surface area contributed by atoms with Gasteiger partial charge in [0.05, 0.1) is 11.4 Å². The molecule has 6 rings (SSSR count). The minimum absolute atomic E-state index is 0.0367. The molecule has 42 heavy (non-hydrogen) atoms. The highest BCUT2D eigenvalue weighted by atomic mass is 32.1. The number of H-pyrrole nitrogens is 2. The van der Waals surface area contributed by atoms with Crippen LogP contribution in [-0.2, 0) is 4.79 Å². The molecule has 214 valence electrons. The molecule has 1 amide bonds. The number of aromatic amines is 2. The molecule has 0 radical (unpaired) electrons. The first-order valence-corrected chi connectivity index (χ1v) is 14.9. The average Bonchev–Trinajstić information content (AvgIpc) is 3.73. The molecule has 0 unspecified atom stereocenters. The van der Waals surface area contributed by atoms with Gasteiger partial charge < -0.3 is 16.0 Å². The third-order valence-corrected chi connectivity index (χ3v) is 8.47. The van der Waals surface area contributed by atoms with Crippen LogP contribution in [0.1, 0.15) is 51.5 Å². The minimum Gasteiger partial charge on any atom is -0.404 e. The van der Waals surface area contributed by atoms with E-state index in [4.69, 9.17) is 5.73 Å². The lowest BCUT2D eigenvalue weighted by Gasteiger charge is -2.21. The number of hydrogen-bond acceptors (Lipinski definition) is 6. The van der Waals surface area contributed by atoms with Crippen molar-refractivity contribution in [1.29, 1.82) is 0 Å². The number of pyridine rings is 2. The van der Waals surface area contributed by atoms with Crippen molar-refractivity contribution in [3.05, 3.63) is 83.0 Å². The van der Waals surface area contributed by atoms with Gasteiger partial charge in [0.2, 0.25) is 5.91 Å². The van der Waals surface area contributed by atoms with Gasteiger partial charge in [0, 0.05) is 62.6 Å². The molecular formula is C32H32FN7OS. The number of aromatic nitrogens is 5. The Morgan fingerprint density at radius 1 is 1.10 bits per heavy atom. The van der Waals surface area contributed by atoms with Crippen LogP contribution in [0.3, 0.4) is 0 Å². The van der Waals surface area contributed by atoms with E-state index in [1.54, 1.807) is 18.5 Å². The summed E-state index contributed by atoms with van der Waals surface area (Å²) in [6.45, 7) is 3.99. The summed E-state index contributed by atoms with van der Waals surface area (Å²) in [6.07, 6.45) is 14.0. The van der Waals surface area contributed by atoms with Crippen molar-refractivity contribution in [2.75, 3.05) is 0 Å². The minimum atomic E-state index is -0.233. The summed E-state index contributed by atoms with van der Waals surface area (Å²) in [5, 5.41) is 12.1. The Kier molecular flexibility index (Phi) is 7.71. The summed E-state index contributed by atoms with van der Waals surface area (Å²) in [5.74, 6) is 0.0901. The molecule has 0 bridgehead atoms. The number of hydrogen-bond donors (Lipinski definition) is 4. The first-order valence-electron chi connectivity index (χ1n) is 14.1. The van der Waals surface area contributed by atoms with Gasteiger partial charge in [-0.25, -0.2) is 9.97 Å². The molecule has 1 saturated carbocycles. The number of nitrogens with one attached hydrogen (secondary N) is 3. The highest BCUT2D eigenvalue weighted by molar-refractivity contribution is 7.14. The van der Waals surface area contributed by atoms with Crippen molar-refractivity contribution < 1.29 is 9.18 Å². The number of halogens is 1. The Labute approximate surface area is 246 Å². The molecule has 1 aliphatic rings. The van der Waals surface area contributed by atoms with Crippen LogP contribution in [0.25, 0.3) is 49.5 Å². The smallest absolute Gasteiger partial charge is 0.227 e. The van der Waals surface area contributed by atoms with E-state index in [1.807, 2.05) is 44.2 Å². The zero-order valence-corrected chi connectivity index (χ0v) is 24.3. The molecule has 5 N–H and O–H groups in total. The predicted molar refractivity (Wildman–Crippen MR) is 167 cm³/mol. The van der Waals surface area contributed by atoms with Crippen LogP contribution in [0, 0.1) is 11.0 Å². The van der Waals surface area contributed by atoms with Crippen LogP contribution in [0.2, 0.25) is 0 Å². The van der Waals surface area contributed by atoms with Crippen LogP contribution in [0.4, 0.5) is 4.39 Å². The molecule has 5 heterocycles. The van der Waals surface area contributed by atoms with Crippen molar-refractivity contribution in [3.8, 4) is 21.8 Å². The Morgan fingerprint density at radius 3 is 2.67 bits per heavy atom. The van der Waals surface area contributed by atoms with E-state index < -0.39 is 0 Å². The zero-order valence-electron chi connectivity index (χ0n) is 23.5. The summed E-state index contributed by atoms with van der Waals surface area (Å²) >= 11 is 1.10. The van der Waals surface area contributed by atoms with Gasteiger partial charge in [0.15, 0.2) is 10.8 Å². The molecule has 8 nitrogen and oxygen atoms in total. The van der Waals surface area contributed by atoms with Gasteiger partial charge in [-0.3, -0.25) is 9.89 Å². The molecule has 0 saturated heterocycles. The fourth-order valence-corrected chi connectivity index (χ4v) is 6.30. The summed E-state index contributed by atoms with van der Waals surface area (Å²) in [7, 11) is 0. The lowest BCUT2D eigenvalue weighted by Crippen LogP contribution is -2.31. The van der Waals surface area contributed by atoms with E-state index in [0.29, 0.717) is 22.6 Å². The summed E-state index contributed by atoms with van der Waals surface area (Å²) < 4.78 is 13.8. The Bertz CT molecular complexity index is 1870. The number of thiophene rings is 1. The number of carbonyl (C=O) groups is 1. The van der Waals surface area contributed by atoms with E-state index in [-0.39, 0.29) is 17.0 Å². The van der Waals surface area contributed by atoms with E-state index in [9.17, 15) is 9.18 Å². The molecule has 0 aliphatic heterocycles. The van der Waals surface area contributed by atoms with Crippen LogP contribution < -0.4 is 11.1 Å². The highest BCUT2D eigenvalue weighted by Crippen LogP contribution is 2.36. The van der Waals surface area contributed by atoms with Crippen molar-refractivity contribution in [3.63, 3.8) is 0 Å². The SMILES string of the molecule is CC(C)=C/C(=C\C(=C/N)c1cnc2n[nH]c(-c3cc4c(-c5ccc(F)s5)ccnc4[nH]3)c2c1)NC(=O)C1CCCCC1. The van der Waals surface area contributed by atoms with E-state index in [2.05, 4.69) is 30.5 Å². The maximum absolute atomic E-state index is 13.8. The second kappa shape index (κ2) is 11.7. The van der Waals surface area contributed by atoms with Crippen molar-refractivity contribution in [2.24, 2.45) is 11.7 Å². The first kappa shape index (κ1) is 27.6. The Morgan fingerprint density at radius 2 is 1.93 bits per heavy atom. The van der Waals surface area contributed by atoms with Crippen molar-refractivity contribution in [1.82, 2.24) is 30.5 Å². The molecule has 5 aromatic rings. The number of rotatable bonds is 7.